The molecular formula is C20H17BrN2O4S. The van der Waals surface area contributed by atoms with Crippen LogP contribution < -0.4 is 15.0 Å². The molecule has 6 nitrogen and oxygen atoms in total. The van der Waals surface area contributed by atoms with Gasteiger partial charge in [0.15, 0.2) is 16.6 Å². The van der Waals surface area contributed by atoms with Crippen molar-refractivity contribution >= 4 is 56.8 Å². The van der Waals surface area contributed by atoms with Gasteiger partial charge in [-0.3, -0.25) is 19.8 Å². The Morgan fingerprint density at radius 3 is 2.64 bits per heavy atom. The quantitative estimate of drug-likeness (QED) is 0.415. The lowest BCUT2D eigenvalue weighted by Gasteiger charge is -2.30. The molecule has 0 aliphatic carbocycles. The number of carbonyl (C=O) groups is 2. The van der Waals surface area contributed by atoms with Crippen molar-refractivity contribution in [2.45, 2.75) is 13.8 Å². The molecule has 0 atom stereocenters. The highest BCUT2D eigenvalue weighted by Gasteiger charge is 2.35. The number of phenols is 1. The Morgan fingerprint density at radius 1 is 1.25 bits per heavy atom. The first-order valence-electron chi connectivity index (χ1n) is 8.28. The van der Waals surface area contributed by atoms with Gasteiger partial charge in [-0.2, -0.15) is 0 Å². The second kappa shape index (κ2) is 7.73. The van der Waals surface area contributed by atoms with Crippen molar-refractivity contribution in [3.05, 3.63) is 57.1 Å². The predicted octanol–water partition coefficient (Wildman–Crippen LogP) is 3.61. The number of benzene rings is 2. The molecule has 0 unspecified atom stereocenters. The minimum atomic E-state index is -0.584. The summed E-state index contributed by atoms with van der Waals surface area (Å²) in [7, 11) is 1.41. The van der Waals surface area contributed by atoms with Crippen molar-refractivity contribution in [1.29, 1.82) is 0 Å². The van der Waals surface area contributed by atoms with E-state index in [-0.39, 0.29) is 22.2 Å². The van der Waals surface area contributed by atoms with E-state index in [0.717, 1.165) is 11.1 Å². The number of nitrogens with one attached hydrogen (secondary N) is 1. The minimum Gasteiger partial charge on any atom is -0.503 e. The van der Waals surface area contributed by atoms with Crippen molar-refractivity contribution in [3.8, 4) is 11.5 Å². The zero-order valence-corrected chi connectivity index (χ0v) is 17.8. The molecular weight excluding hydrogens is 444 g/mol. The lowest BCUT2D eigenvalue weighted by molar-refractivity contribution is -0.122. The van der Waals surface area contributed by atoms with Gasteiger partial charge in [-0.25, -0.2) is 0 Å². The molecule has 0 spiro atoms. The second-order valence-corrected chi connectivity index (χ2v) is 7.47. The topological polar surface area (TPSA) is 78.9 Å². The summed E-state index contributed by atoms with van der Waals surface area (Å²) in [6.45, 7) is 3.83. The molecule has 3 rings (SSSR count). The van der Waals surface area contributed by atoms with E-state index >= 15 is 0 Å². The van der Waals surface area contributed by atoms with Crippen molar-refractivity contribution in [2.24, 2.45) is 0 Å². The molecule has 0 aromatic heterocycles. The Labute approximate surface area is 175 Å². The Balaban J connectivity index is 2.09. The molecule has 0 radical (unpaired) electrons. The van der Waals surface area contributed by atoms with E-state index < -0.39 is 11.8 Å². The normalized spacial score (nSPS) is 15.8. The number of aryl methyl sites for hydroxylation is 1. The van der Waals surface area contributed by atoms with E-state index in [1.54, 1.807) is 12.1 Å². The molecule has 0 saturated carbocycles. The summed E-state index contributed by atoms with van der Waals surface area (Å²) in [5, 5.41) is 12.5. The fraction of sp³-hybridized carbons (Fsp3) is 0.150. The fourth-order valence-corrected chi connectivity index (χ4v) is 3.59. The third-order valence-corrected chi connectivity index (χ3v) is 5.39. The molecule has 8 heteroatoms. The maximum absolute atomic E-state index is 13.1. The molecule has 1 saturated heterocycles. The number of carbonyl (C=O) groups excluding carboxylic acids is 2. The first kappa shape index (κ1) is 20.0. The number of aromatic hydroxyl groups is 1. The molecule has 1 aliphatic rings. The van der Waals surface area contributed by atoms with Gasteiger partial charge in [0.2, 0.25) is 0 Å². The maximum atomic E-state index is 13.1. The molecule has 2 N–H and O–H groups in total. The van der Waals surface area contributed by atoms with Crippen LogP contribution in [-0.2, 0) is 9.59 Å². The highest BCUT2D eigenvalue weighted by molar-refractivity contribution is 9.10. The number of hydrogen-bond donors (Lipinski definition) is 2. The molecule has 2 aromatic carbocycles. The summed E-state index contributed by atoms with van der Waals surface area (Å²) in [5.41, 5.74) is 2.94. The molecule has 1 heterocycles. The third kappa shape index (κ3) is 3.53. The van der Waals surface area contributed by atoms with Gasteiger partial charge in [-0.05, 0) is 83.0 Å². The van der Waals surface area contributed by atoms with Gasteiger partial charge in [0.05, 0.1) is 17.3 Å². The number of ether oxygens (including phenoxy) is 1. The second-order valence-electron chi connectivity index (χ2n) is 6.23. The summed E-state index contributed by atoms with van der Waals surface area (Å²) in [6.07, 6.45) is 1.43. The SMILES string of the molecule is COc1cc(/C=C2\C(=O)NC(=S)N(c3cccc(C)c3C)C2=O)cc(Br)c1O. The lowest BCUT2D eigenvalue weighted by Crippen LogP contribution is -2.54. The summed E-state index contributed by atoms with van der Waals surface area (Å²) in [6, 6.07) is 8.66. The monoisotopic (exact) mass is 460 g/mol. The van der Waals surface area contributed by atoms with E-state index in [0.29, 0.717) is 15.7 Å². The number of phenolic OH excluding ortho intramolecular Hbond substituents is 1. The van der Waals surface area contributed by atoms with E-state index in [9.17, 15) is 14.7 Å². The number of rotatable bonds is 3. The van der Waals surface area contributed by atoms with Crippen LogP contribution in [0.15, 0.2) is 40.4 Å². The maximum Gasteiger partial charge on any atom is 0.270 e. The average molecular weight is 461 g/mol. The van der Waals surface area contributed by atoms with E-state index in [2.05, 4.69) is 21.2 Å². The summed E-state index contributed by atoms with van der Waals surface area (Å²) >= 11 is 8.48. The predicted molar refractivity (Wildman–Crippen MR) is 114 cm³/mol. The number of hydrogen-bond acceptors (Lipinski definition) is 5. The summed E-state index contributed by atoms with van der Waals surface area (Å²) < 4.78 is 5.50. The van der Waals surface area contributed by atoms with Crippen LogP contribution in [0.1, 0.15) is 16.7 Å². The zero-order chi connectivity index (χ0) is 20.6. The van der Waals surface area contributed by atoms with Gasteiger partial charge in [0, 0.05) is 0 Å². The highest BCUT2D eigenvalue weighted by Crippen LogP contribution is 2.36. The number of methoxy groups -OCH3 is 1. The van der Waals surface area contributed by atoms with Gasteiger partial charge < -0.3 is 9.84 Å². The molecule has 0 bridgehead atoms. The minimum absolute atomic E-state index is 0.0327. The van der Waals surface area contributed by atoms with Crippen LogP contribution in [0.5, 0.6) is 11.5 Å². The number of thiocarbonyl (C=S) groups is 1. The van der Waals surface area contributed by atoms with Crippen molar-refractivity contribution in [2.75, 3.05) is 12.0 Å². The van der Waals surface area contributed by atoms with E-state index in [1.807, 2.05) is 26.0 Å². The van der Waals surface area contributed by atoms with Crippen LogP contribution in [0, 0.1) is 13.8 Å². The van der Waals surface area contributed by atoms with Crippen LogP contribution in [0.2, 0.25) is 0 Å². The Morgan fingerprint density at radius 2 is 1.96 bits per heavy atom. The molecule has 2 aromatic rings. The van der Waals surface area contributed by atoms with Crippen molar-refractivity contribution < 1.29 is 19.4 Å². The van der Waals surface area contributed by atoms with Gasteiger partial charge in [-0.15, -0.1) is 0 Å². The fourth-order valence-electron chi connectivity index (χ4n) is 2.85. The van der Waals surface area contributed by atoms with Crippen LogP contribution in [0.4, 0.5) is 5.69 Å². The molecule has 1 fully saturated rings. The molecule has 28 heavy (non-hydrogen) atoms. The average Bonchev–Trinajstić information content (AvgIpc) is 2.64. The summed E-state index contributed by atoms with van der Waals surface area (Å²) in [4.78, 5) is 26.9. The van der Waals surface area contributed by atoms with Gasteiger partial charge in [0.25, 0.3) is 11.8 Å². The van der Waals surface area contributed by atoms with Gasteiger partial charge in [-0.1, -0.05) is 12.1 Å². The number of anilines is 1. The van der Waals surface area contributed by atoms with Crippen LogP contribution in [-0.4, -0.2) is 29.1 Å². The highest BCUT2D eigenvalue weighted by atomic mass is 79.9. The number of amides is 2. The molecule has 1 aliphatic heterocycles. The summed E-state index contributed by atoms with van der Waals surface area (Å²) in [5.74, 6) is -0.959. The Bertz CT molecular complexity index is 1050. The van der Waals surface area contributed by atoms with Gasteiger partial charge in [0.1, 0.15) is 5.57 Å². The third-order valence-electron chi connectivity index (χ3n) is 4.50. The standard InChI is InChI=1S/C20H17BrN2O4S/c1-10-5-4-6-15(11(10)2)23-19(26)13(18(25)22-20(23)28)7-12-8-14(21)17(24)16(9-12)27-3/h4-9,24H,1-3H3,(H,22,25,28)/b13-7+. The van der Waals surface area contributed by atoms with Crippen LogP contribution in [0.3, 0.4) is 0 Å². The molecule has 144 valence electrons. The van der Waals surface area contributed by atoms with Crippen LogP contribution >= 0.6 is 28.1 Å². The number of nitrogens with zero attached hydrogens (tertiary/aromatic N) is 1. The largest absolute Gasteiger partial charge is 0.503 e. The van der Waals surface area contributed by atoms with E-state index in [1.165, 1.54) is 24.2 Å². The van der Waals surface area contributed by atoms with Gasteiger partial charge >= 0.3 is 0 Å². The van der Waals surface area contributed by atoms with Crippen LogP contribution in [0.25, 0.3) is 6.08 Å². The molecule has 2 amide bonds. The first-order valence-corrected chi connectivity index (χ1v) is 9.49. The number of halogens is 1. The Kier molecular flexibility index (Phi) is 5.53. The zero-order valence-electron chi connectivity index (χ0n) is 15.4. The van der Waals surface area contributed by atoms with E-state index in [4.69, 9.17) is 17.0 Å². The van der Waals surface area contributed by atoms with Crippen molar-refractivity contribution in [3.63, 3.8) is 0 Å². The lowest BCUT2D eigenvalue weighted by atomic mass is 10.0. The first-order chi connectivity index (χ1) is 13.2. The Hall–Kier alpha value is -2.71. The van der Waals surface area contributed by atoms with Crippen molar-refractivity contribution in [1.82, 2.24) is 5.32 Å². The smallest absolute Gasteiger partial charge is 0.270 e.